The van der Waals surface area contributed by atoms with E-state index in [9.17, 15) is 0 Å². The third-order valence-electron chi connectivity index (χ3n) is 4.71. The minimum Gasteiger partial charge on any atom is -0.465 e. The van der Waals surface area contributed by atoms with E-state index >= 15 is 0 Å². The topological polar surface area (TPSA) is 18.5 Å². The Kier molecular flexibility index (Phi) is 6.10. The van der Waals surface area contributed by atoms with Crippen molar-refractivity contribution in [3.63, 3.8) is 0 Å². The summed E-state index contributed by atoms with van der Waals surface area (Å²) in [6, 6.07) is 8.45. The number of hydrogen-bond donors (Lipinski definition) is 0. The van der Waals surface area contributed by atoms with Crippen LogP contribution in [-0.4, -0.2) is 12.4 Å². The predicted molar refractivity (Wildman–Crippen MR) is 87.7 cm³/mol. The first kappa shape index (κ1) is 16.4. The first-order valence-electron chi connectivity index (χ1n) is 8.50. The Morgan fingerprint density at radius 1 is 1.05 bits per heavy atom. The van der Waals surface area contributed by atoms with Gasteiger partial charge in [-0.3, -0.25) is 0 Å². The van der Waals surface area contributed by atoms with Gasteiger partial charge in [0.05, 0.1) is 6.10 Å². The maximum atomic E-state index is 6.02. The SMILES string of the molecule is CCC(C)c1ccc(OC(C)OC2CCC(C)CC2)cc1. The van der Waals surface area contributed by atoms with Crippen LogP contribution >= 0.6 is 0 Å². The molecule has 1 aromatic rings. The number of benzene rings is 1. The highest BCUT2D eigenvalue weighted by Crippen LogP contribution is 2.27. The molecule has 1 aliphatic rings. The fraction of sp³-hybridized carbons (Fsp3) is 0.684. The van der Waals surface area contributed by atoms with E-state index < -0.39 is 0 Å². The molecule has 21 heavy (non-hydrogen) atoms. The average molecular weight is 290 g/mol. The lowest BCUT2D eigenvalue weighted by atomic mass is 9.89. The van der Waals surface area contributed by atoms with E-state index in [0.717, 1.165) is 11.7 Å². The van der Waals surface area contributed by atoms with E-state index in [2.05, 4.69) is 45.0 Å². The molecule has 0 bridgehead atoms. The Balaban J connectivity index is 1.80. The first-order chi connectivity index (χ1) is 10.1. The maximum Gasteiger partial charge on any atom is 0.197 e. The van der Waals surface area contributed by atoms with Crippen molar-refractivity contribution in [3.05, 3.63) is 29.8 Å². The van der Waals surface area contributed by atoms with Crippen molar-refractivity contribution >= 4 is 0 Å². The normalized spacial score (nSPS) is 25.3. The van der Waals surface area contributed by atoms with Crippen LogP contribution in [0.15, 0.2) is 24.3 Å². The van der Waals surface area contributed by atoms with E-state index in [1.165, 1.54) is 37.7 Å². The summed E-state index contributed by atoms with van der Waals surface area (Å²) in [4.78, 5) is 0. The molecule has 0 amide bonds. The molecule has 118 valence electrons. The third kappa shape index (κ3) is 5.03. The van der Waals surface area contributed by atoms with E-state index in [4.69, 9.17) is 9.47 Å². The van der Waals surface area contributed by atoms with Crippen LogP contribution in [-0.2, 0) is 4.74 Å². The van der Waals surface area contributed by atoms with Gasteiger partial charge in [-0.2, -0.15) is 0 Å². The maximum absolute atomic E-state index is 6.02. The Labute approximate surface area is 129 Å². The summed E-state index contributed by atoms with van der Waals surface area (Å²) in [7, 11) is 0. The highest BCUT2D eigenvalue weighted by atomic mass is 16.7. The van der Waals surface area contributed by atoms with Crippen LogP contribution in [0.5, 0.6) is 5.75 Å². The third-order valence-corrected chi connectivity index (χ3v) is 4.71. The average Bonchev–Trinajstić information content (AvgIpc) is 2.49. The number of ether oxygens (including phenoxy) is 2. The Morgan fingerprint density at radius 2 is 1.67 bits per heavy atom. The Morgan fingerprint density at radius 3 is 2.24 bits per heavy atom. The molecule has 2 nitrogen and oxygen atoms in total. The van der Waals surface area contributed by atoms with Gasteiger partial charge in [0.2, 0.25) is 0 Å². The molecule has 2 heteroatoms. The lowest BCUT2D eigenvalue weighted by molar-refractivity contribution is -0.119. The van der Waals surface area contributed by atoms with Gasteiger partial charge >= 0.3 is 0 Å². The summed E-state index contributed by atoms with van der Waals surface area (Å²) in [5.41, 5.74) is 1.37. The minimum atomic E-state index is -0.169. The smallest absolute Gasteiger partial charge is 0.197 e. The summed E-state index contributed by atoms with van der Waals surface area (Å²) in [6.45, 7) is 8.80. The molecule has 2 atom stereocenters. The lowest BCUT2D eigenvalue weighted by Crippen LogP contribution is -2.27. The van der Waals surface area contributed by atoms with E-state index in [1.54, 1.807) is 0 Å². The van der Waals surface area contributed by atoms with Gasteiger partial charge in [-0.25, -0.2) is 0 Å². The van der Waals surface area contributed by atoms with Crippen LogP contribution in [0.25, 0.3) is 0 Å². The molecule has 2 unspecified atom stereocenters. The molecule has 0 aromatic heterocycles. The fourth-order valence-corrected chi connectivity index (χ4v) is 2.97. The van der Waals surface area contributed by atoms with Gasteiger partial charge in [0.15, 0.2) is 6.29 Å². The van der Waals surface area contributed by atoms with Crippen molar-refractivity contribution in [2.75, 3.05) is 0 Å². The van der Waals surface area contributed by atoms with Gasteiger partial charge in [-0.1, -0.05) is 32.9 Å². The highest BCUT2D eigenvalue weighted by Gasteiger charge is 2.21. The van der Waals surface area contributed by atoms with Gasteiger partial charge in [0, 0.05) is 0 Å². The van der Waals surface area contributed by atoms with Gasteiger partial charge in [-0.15, -0.1) is 0 Å². The van der Waals surface area contributed by atoms with Gasteiger partial charge in [-0.05, 0) is 68.6 Å². The summed E-state index contributed by atoms with van der Waals surface area (Å²) in [5.74, 6) is 2.37. The van der Waals surface area contributed by atoms with Crippen LogP contribution in [0.2, 0.25) is 0 Å². The van der Waals surface area contributed by atoms with Crippen molar-refractivity contribution in [2.24, 2.45) is 5.92 Å². The largest absolute Gasteiger partial charge is 0.465 e. The van der Waals surface area contributed by atoms with Crippen LogP contribution in [0.1, 0.15) is 71.3 Å². The van der Waals surface area contributed by atoms with Crippen LogP contribution < -0.4 is 4.74 Å². The summed E-state index contributed by atoms with van der Waals surface area (Å²) in [5, 5.41) is 0. The van der Waals surface area contributed by atoms with Crippen molar-refractivity contribution in [1.82, 2.24) is 0 Å². The molecule has 0 heterocycles. The second-order valence-electron chi connectivity index (χ2n) is 6.58. The highest BCUT2D eigenvalue weighted by molar-refractivity contribution is 5.29. The van der Waals surface area contributed by atoms with Gasteiger partial charge < -0.3 is 9.47 Å². The molecule has 0 N–H and O–H groups in total. The number of rotatable bonds is 6. The first-order valence-corrected chi connectivity index (χ1v) is 8.50. The number of hydrogen-bond acceptors (Lipinski definition) is 2. The Hall–Kier alpha value is -1.02. The van der Waals surface area contributed by atoms with Crippen molar-refractivity contribution in [1.29, 1.82) is 0 Å². The van der Waals surface area contributed by atoms with Crippen LogP contribution in [0, 0.1) is 5.92 Å². The summed E-state index contributed by atoms with van der Waals surface area (Å²) >= 11 is 0. The molecule has 1 aromatic carbocycles. The zero-order valence-corrected chi connectivity index (χ0v) is 14.0. The van der Waals surface area contributed by atoms with E-state index in [0.29, 0.717) is 12.0 Å². The molecule has 1 fully saturated rings. The lowest BCUT2D eigenvalue weighted by Gasteiger charge is -2.28. The van der Waals surface area contributed by atoms with E-state index in [1.807, 2.05) is 6.92 Å². The fourth-order valence-electron chi connectivity index (χ4n) is 2.97. The zero-order valence-electron chi connectivity index (χ0n) is 14.0. The molecule has 0 saturated heterocycles. The predicted octanol–water partition coefficient (Wildman–Crippen LogP) is 5.52. The molecule has 1 aliphatic carbocycles. The standard InChI is InChI=1S/C19H30O2/c1-5-15(3)17-8-12-19(13-9-17)21-16(4)20-18-10-6-14(2)7-11-18/h8-9,12-16,18H,5-7,10-11H2,1-4H3. The minimum absolute atomic E-state index is 0.169. The zero-order chi connectivity index (χ0) is 15.2. The molecular formula is C19H30O2. The molecule has 2 rings (SSSR count). The van der Waals surface area contributed by atoms with Crippen LogP contribution in [0.3, 0.4) is 0 Å². The summed E-state index contributed by atoms with van der Waals surface area (Å²) < 4.78 is 11.9. The molecule has 0 spiro atoms. The van der Waals surface area contributed by atoms with E-state index in [-0.39, 0.29) is 6.29 Å². The Bertz CT molecular complexity index is 404. The van der Waals surface area contributed by atoms with Crippen molar-refractivity contribution in [3.8, 4) is 5.75 Å². The van der Waals surface area contributed by atoms with Crippen molar-refractivity contribution < 1.29 is 9.47 Å². The molecule has 0 radical (unpaired) electrons. The van der Waals surface area contributed by atoms with Crippen molar-refractivity contribution in [2.45, 2.75) is 78.1 Å². The van der Waals surface area contributed by atoms with Crippen LogP contribution in [0.4, 0.5) is 0 Å². The molecule has 1 saturated carbocycles. The second-order valence-corrected chi connectivity index (χ2v) is 6.58. The monoisotopic (exact) mass is 290 g/mol. The van der Waals surface area contributed by atoms with Gasteiger partial charge in [0.25, 0.3) is 0 Å². The van der Waals surface area contributed by atoms with Gasteiger partial charge in [0.1, 0.15) is 5.75 Å². The summed E-state index contributed by atoms with van der Waals surface area (Å²) in [6.07, 6.45) is 6.26. The second kappa shape index (κ2) is 7.84. The molecule has 0 aliphatic heterocycles. The quantitative estimate of drug-likeness (QED) is 0.642. The molecular weight excluding hydrogens is 260 g/mol.